The fourth-order valence-electron chi connectivity index (χ4n) is 2.20. The molecule has 2 atom stereocenters. The molecule has 68 valence electrons. The molecule has 0 radical (unpaired) electrons. The van der Waals surface area contributed by atoms with Crippen molar-refractivity contribution in [1.82, 2.24) is 0 Å². The molecule has 0 aromatic heterocycles. The Labute approximate surface area is 87.7 Å². The van der Waals surface area contributed by atoms with E-state index in [1.54, 1.807) is 0 Å². The molecular formula is C10H15IO. The normalized spacial score (nSPS) is 36.4. The van der Waals surface area contributed by atoms with Crippen LogP contribution >= 0.6 is 22.6 Å². The first-order chi connectivity index (χ1) is 5.79. The Morgan fingerprint density at radius 1 is 1.25 bits per heavy atom. The highest BCUT2D eigenvalue weighted by Gasteiger charge is 2.45. The molecule has 0 unspecified atom stereocenters. The Kier molecular flexibility index (Phi) is 2.75. The first-order valence-corrected chi connectivity index (χ1v) is 5.86. The van der Waals surface area contributed by atoms with Gasteiger partial charge in [-0.25, -0.2) is 0 Å². The monoisotopic (exact) mass is 278 g/mol. The molecule has 2 fully saturated rings. The van der Waals surface area contributed by atoms with Gasteiger partial charge in [-0.05, 0) is 41.4 Å². The van der Waals surface area contributed by atoms with Crippen LogP contribution in [0.25, 0.3) is 0 Å². The smallest absolute Gasteiger partial charge is 0.114 e. The summed E-state index contributed by atoms with van der Waals surface area (Å²) < 4.78 is 6.79. The van der Waals surface area contributed by atoms with Crippen molar-refractivity contribution in [3.63, 3.8) is 0 Å². The quantitative estimate of drug-likeness (QED) is 0.558. The highest BCUT2D eigenvalue weighted by molar-refractivity contribution is 14.1. The van der Waals surface area contributed by atoms with Crippen molar-refractivity contribution < 1.29 is 4.74 Å². The molecule has 1 aliphatic carbocycles. The predicted octanol–water partition coefficient (Wildman–Crippen LogP) is 3.28. The van der Waals surface area contributed by atoms with E-state index in [2.05, 4.69) is 29.2 Å². The Bertz CT molecular complexity index is 184. The molecule has 1 heterocycles. The van der Waals surface area contributed by atoms with Crippen molar-refractivity contribution in [2.45, 2.75) is 44.3 Å². The van der Waals surface area contributed by atoms with Crippen molar-refractivity contribution in [1.29, 1.82) is 0 Å². The molecule has 0 N–H and O–H groups in total. The van der Waals surface area contributed by atoms with Gasteiger partial charge in [0, 0.05) is 3.58 Å². The van der Waals surface area contributed by atoms with Gasteiger partial charge in [0.15, 0.2) is 0 Å². The van der Waals surface area contributed by atoms with Gasteiger partial charge >= 0.3 is 0 Å². The summed E-state index contributed by atoms with van der Waals surface area (Å²) in [6.07, 6.45) is 7.94. The van der Waals surface area contributed by atoms with Gasteiger partial charge in [0.05, 0.1) is 6.10 Å². The van der Waals surface area contributed by atoms with Crippen molar-refractivity contribution in [3.05, 3.63) is 10.2 Å². The zero-order valence-electron chi connectivity index (χ0n) is 7.26. The van der Waals surface area contributed by atoms with Crippen LogP contribution in [0.1, 0.15) is 32.1 Å². The molecule has 2 heteroatoms. The van der Waals surface area contributed by atoms with E-state index in [0.29, 0.717) is 12.2 Å². The first-order valence-electron chi connectivity index (χ1n) is 4.79. The van der Waals surface area contributed by atoms with E-state index in [4.69, 9.17) is 4.74 Å². The minimum Gasteiger partial charge on any atom is -0.364 e. The molecule has 1 saturated carbocycles. The molecule has 0 aromatic rings. The predicted molar refractivity (Wildman–Crippen MR) is 58.4 cm³/mol. The van der Waals surface area contributed by atoms with Crippen LogP contribution in [0.4, 0.5) is 0 Å². The average molecular weight is 278 g/mol. The number of hydrogen-bond donors (Lipinski definition) is 0. The van der Waals surface area contributed by atoms with Crippen LogP contribution < -0.4 is 0 Å². The van der Waals surface area contributed by atoms with Crippen LogP contribution in [-0.4, -0.2) is 12.2 Å². The summed E-state index contributed by atoms with van der Waals surface area (Å²) in [5.74, 6) is 0.843. The van der Waals surface area contributed by atoms with E-state index in [0.717, 1.165) is 5.92 Å². The summed E-state index contributed by atoms with van der Waals surface area (Å²) in [5.41, 5.74) is 0. The second-order valence-corrected chi connectivity index (χ2v) is 5.25. The topological polar surface area (TPSA) is 12.5 Å². The van der Waals surface area contributed by atoms with Gasteiger partial charge in [-0.3, -0.25) is 0 Å². The maximum absolute atomic E-state index is 5.61. The summed E-state index contributed by atoms with van der Waals surface area (Å²) in [6, 6.07) is 0. The number of hydrogen-bond acceptors (Lipinski definition) is 1. The molecule has 1 nitrogen and oxygen atoms in total. The molecular weight excluding hydrogens is 263 g/mol. The third-order valence-electron chi connectivity index (χ3n) is 2.95. The van der Waals surface area contributed by atoms with Gasteiger partial charge in [-0.15, -0.1) is 0 Å². The van der Waals surface area contributed by atoms with Crippen LogP contribution in [0.15, 0.2) is 10.2 Å². The molecule has 1 aliphatic heterocycles. The van der Waals surface area contributed by atoms with Crippen LogP contribution in [0.5, 0.6) is 0 Å². The second-order valence-electron chi connectivity index (χ2n) is 3.87. The summed E-state index contributed by atoms with van der Waals surface area (Å²) >= 11 is 2.29. The lowest BCUT2D eigenvalue weighted by molar-refractivity contribution is 0.264. The van der Waals surface area contributed by atoms with E-state index in [9.17, 15) is 0 Å². The van der Waals surface area contributed by atoms with E-state index in [1.165, 1.54) is 35.7 Å². The van der Waals surface area contributed by atoms with Crippen LogP contribution in [0.2, 0.25) is 0 Å². The largest absolute Gasteiger partial charge is 0.364 e. The Balaban J connectivity index is 1.83. The minimum absolute atomic E-state index is 0.397. The molecule has 1 saturated heterocycles. The Hall–Kier alpha value is 0.430. The molecule has 0 amide bonds. The minimum atomic E-state index is 0.397. The van der Waals surface area contributed by atoms with Crippen molar-refractivity contribution in [2.75, 3.05) is 0 Å². The summed E-state index contributed by atoms with van der Waals surface area (Å²) in [5, 5.41) is 0. The van der Waals surface area contributed by atoms with E-state index in [1.807, 2.05) is 0 Å². The van der Waals surface area contributed by atoms with E-state index < -0.39 is 0 Å². The third-order valence-corrected chi connectivity index (χ3v) is 3.56. The molecule has 12 heavy (non-hydrogen) atoms. The maximum atomic E-state index is 5.61. The van der Waals surface area contributed by atoms with Gasteiger partial charge in [0.25, 0.3) is 0 Å². The standard InChI is InChI=1S/C10H15IO/c1-7(11)9-10(12-9)8-5-3-2-4-6-8/h8-10H,1-6H2/t9-,10-/m1/s1. The van der Waals surface area contributed by atoms with Crippen molar-refractivity contribution in [3.8, 4) is 0 Å². The van der Waals surface area contributed by atoms with Gasteiger partial charge < -0.3 is 4.74 Å². The van der Waals surface area contributed by atoms with Crippen molar-refractivity contribution in [2.24, 2.45) is 5.92 Å². The third kappa shape index (κ3) is 1.84. The second kappa shape index (κ2) is 3.66. The van der Waals surface area contributed by atoms with Gasteiger partial charge in [0.1, 0.15) is 6.10 Å². The number of ether oxygens (including phenoxy) is 1. The molecule has 0 spiro atoms. The Morgan fingerprint density at radius 3 is 2.42 bits per heavy atom. The van der Waals surface area contributed by atoms with Gasteiger partial charge in [0.2, 0.25) is 0 Å². The molecule has 0 aromatic carbocycles. The maximum Gasteiger partial charge on any atom is 0.114 e. The molecule has 0 bridgehead atoms. The lowest BCUT2D eigenvalue weighted by Crippen LogP contribution is -2.14. The fraction of sp³-hybridized carbons (Fsp3) is 0.800. The molecule has 2 aliphatic rings. The first kappa shape index (κ1) is 9.00. The summed E-state index contributed by atoms with van der Waals surface area (Å²) in [4.78, 5) is 0. The lowest BCUT2D eigenvalue weighted by Gasteiger charge is -2.19. The van der Waals surface area contributed by atoms with E-state index in [-0.39, 0.29) is 0 Å². The fourth-order valence-corrected chi connectivity index (χ4v) is 2.70. The zero-order valence-corrected chi connectivity index (χ0v) is 9.42. The highest BCUT2D eigenvalue weighted by atomic mass is 127. The highest BCUT2D eigenvalue weighted by Crippen LogP contribution is 2.42. The SMILES string of the molecule is C=C(I)[C@H]1O[C@@H]1C1CCCCC1. The van der Waals surface area contributed by atoms with Crippen LogP contribution in [0.3, 0.4) is 0 Å². The zero-order chi connectivity index (χ0) is 8.55. The van der Waals surface area contributed by atoms with Crippen LogP contribution in [0, 0.1) is 5.92 Å². The number of epoxide rings is 1. The van der Waals surface area contributed by atoms with Crippen molar-refractivity contribution >= 4 is 22.6 Å². The van der Waals surface area contributed by atoms with Gasteiger partial charge in [-0.2, -0.15) is 0 Å². The van der Waals surface area contributed by atoms with E-state index >= 15 is 0 Å². The Morgan fingerprint density at radius 2 is 1.92 bits per heavy atom. The lowest BCUT2D eigenvalue weighted by atomic mass is 9.86. The van der Waals surface area contributed by atoms with Crippen LogP contribution in [-0.2, 0) is 4.74 Å². The number of halogens is 1. The van der Waals surface area contributed by atoms with Gasteiger partial charge in [-0.1, -0.05) is 25.8 Å². The summed E-state index contributed by atoms with van der Waals surface area (Å²) in [7, 11) is 0. The summed E-state index contributed by atoms with van der Waals surface area (Å²) in [6.45, 7) is 3.92. The average Bonchev–Trinajstić information content (AvgIpc) is 2.84. The molecule has 2 rings (SSSR count). The number of rotatable bonds is 2.